The molecule has 0 amide bonds. The summed E-state index contributed by atoms with van der Waals surface area (Å²) in [6.07, 6.45) is 14.5. The first kappa shape index (κ1) is 26.1. The summed E-state index contributed by atoms with van der Waals surface area (Å²) in [7, 11) is 0. The Morgan fingerprint density at radius 3 is 2.53 bits per heavy atom. The van der Waals surface area contributed by atoms with Gasteiger partial charge >= 0.3 is 5.97 Å². The van der Waals surface area contributed by atoms with Crippen LogP contribution in [0.1, 0.15) is 87.8 Å². The zero-order chi connectivity index (χ0) is 27.0. The number of anilines is 1. The second-order valence-corrected chi connectivity index (χ2v) is 11.1. The Morgan fingerprint density at radius 1 is 1.18 bits per heavy atom. The third-order valence-corrected chi connectivity index (χ3v) is 8.29. The van der Waals surface area contributed by atoms with Crippen molar-refractivity contribution in [1.29, 1.82) is 0 Å². The minimum Gasteiger partial charge on any atom is -0.475 e. The smallest absolute Gasteiger partial charge is 0.374 e. The van der Waals surface area contributed by atoms with Crippen molar-refractivity contribution in [3.8, 4) is 23.9 Å². The van der Waals surface area contributed by atoms with Crippen molar-refractivity contribution in [2.24, 2.45) is 17.8 Å². The highest BCUT2D eigenvalue weighted by atomic mass is 19.1. The summed E-state index contributed by atoms with van der Waals surface area (Å²) in [5, 5.41) is 13.2. The van der Waals surface area contributed by atoms with Crippen molar-refractivity contribution in [2.45, 2.75) is 84.2 Å². The molecule has 2 aliphatic carbocycles. The molecule has 3 heterocycles. The van der Waals surface area contributed by atoms with Crippen LogP contribution in [0.2, 0.25) is 0 Å². The fraction of sp³-hybridized carbons (Fsp3) is 0.552. The van der Waals surface area contributed by atoms with E-state index < -0.39 is 11.8 Å². The minimum absolute atomic E-state index is 0.0347. The molecule has 0 aliphatic heterocycles. The molecule has 5 rings (SSSR count). The van der Waals surface area contributed by atoms with Crippen molar-refractivity contribution in [3.63, 3.8) is 0 Å². The fourth-order valence-corrected chi connectivity index (χ4v) is 5.69. The van der Waals surface area contributed by atoms with Crippen LogP contribution in [-0.2, 0) is 6.54 Å². The maximum absolute atomic E-state index is 15.8. The van der Waals surface area contributed by atoms with Crippen LogP contribution in [-0.4, -0.2) is 41.6 Å². The topological polar surface area (TPSA) is 106 Å². The average Bonchev–Trinajstić information content (AvgIpc) is 3.21. The van der Waals surface area contributed by atoms with Crippen molar-refractivity contribution in [3.05, 3.63) is 29.5 Å². The molecule has 0 spiro atoms. The molecule has 0 unspecified atom stereocenters. The summed E-state index contributed by atoms with van der Waals surface area (Å²) in [5.74, 6) is 2.70. The normalized spacial score (nSPS) is 20.7. The van der Waals surface area contributed by atoms with Crippen molar-refractivity contribution < 1.29 is 14.3 Å². The van der Waals surface area contributed by atoms with Gasteiger partial charge in [-0.2, -0.15) is 0 Å². The number of nitrogens with zero attached hydrogens (tertiary/aromatic N) is 5. The number of carbonyl (C=O) groups is 1. The van der Waals surface area contributed by atoms with Gasteiger partial charge in [-0.15, -0.1) is 12.3 Å². The van der Waals surface area contributed by atoms with E-state index in [9.17, 15) is 9.90 Å². The number of fused-ring (bicyclic) bond motifs is 1. The summed E-state index contributed by atoms with van der Waals surface area (Å²) in [5.41, 5.74) is 1.51. The Balaban J connectivity index is 1.67. The lowest BCUT2D eigenvalue weighted by molar-refractivity contribution is 0.0684. The average molecular weight is 519 g/mol. The van der Waals surface area contributed by atoms with Gasteiger partial charge in [0.05, 0.1) is 0 Å². The van der Waals surface area contributed by atoms with Gasteiger partial charge in [-0.05, 0) is 74.8 Å². The van der Waals surface area contributed by atoms with Gasteiger partial charge in [0, 0.05) is 24.7 Å². The molecule has 2 fully saturated rings. The second-order valence-electron chi connectivity index (χ2n) is 11.1. The highest BCUT2D eigenvalue weighted by Gasteiger charge is 2.30. The number of pyridine rings is 1. The first-order chi connectivity index (χ1) is 18.3. The van der Waals surface area contributed by atoms with Crippen molar-refractivity contribution in [1.82, 2.24) is 24.5 Å². The Morgan fingerprint density at radius 2 is 1.92 bits per heavy atom. The monoisotopic (exact) mass is 518 g/mol. The number of halogens is 1. The fourth-order valence-electron chi connectivity index (χ4n) is 5.69. The molecule has 200 valence electrons. The Bertz CT molecular complexity index is 1380. The summed E-state index contributed by atoms with van der Waals surface area (Å²) < 4.78 is 17.7. The summed E-state index contributed by atoms with van der Waals surface area (Å²) in [6.45, 7) is 6.53. The number of aromatic carboxylic acids is 1. The van der Waals surface area contributed by atoms with E-state index in [1.165, 1.54) is 6.42 Å². The Kier molecular flexibility index (Phi) is 7.33. The molecule has 1 atom stereocenters. The Labute approximate surface area is 222 Å². The highest BCUT2D eigenvalue weighted by molar-refractivity contribution is 5.92. The molecular weight excluding hydrogens is 483 g/mol. The molecule has 9 heteroatoms. The van der Waals surface area contributed by atoms with Gasteiger partial charge in [0.2, 0.25) is 5.82 Å². The van der Waals surface area contributed by atoms with Crippen molar-refractivity contribution in [2.75, 3.05) is 5.32 Å². The number of rotatable bonds is 8. The standard InChI is InChI=1S/C29H35FN6O2/c1-5-18-9-11-19(12-10-18)15-36-24-25(32-17(4)20-7-6-8-20)33-27(29(37)38)34-26(24)35-28(36)23-22(30)21(16(2)3)13-14-31-23/h1,13-14,16-20H,6-12,15H2,2-4H3,(H,37,38)(H,32,33,34)/t17-,18-,19-/m1/s1. The number of carboxylic acids is 1. The number of terminal acetylenes is 1. The minimum atomic E-state index is -1.24. The van der Waals surface area contributed by atoms with Gasteiger partial charge < -0.3 is 15.0 Å². The van der Waals surface area contributed by atoms with Gasteiger partial charge in [-0.3, -0.25) is 0 Å². The van der Waals surface area contributed by atoms with Crippen LogP contribution in [0.4, 0.5) is 10.2 Å². The van der Waals surface area contributed by atoms with Crippen molar-refractivity contribution >= 4 is 23.0 Å². The van der Waals surface area contributed by atoms with Crippen LogP contribution in [0.3, 0.4) is 0 Å². The maximum atomic E-state index is 15.8. The largest absolute Gasteiger partial charge is 0.475 e. The van der Waals surface area contributed by atoms with E-state index in [0.717, 1.165) is 38.5 Å². The summed E-state index contributed by atoms with van der Waals surface area (Å²) >= 11 is 0. The number of nitrogens with one attached hydrogen (secondary N) is 1. The predicted molar refractivity (Wildman–Crippen MR) is 144 cm³/mol. The summed E-state index contributed by atoms with van der Waals surface area (Å²) in [4.78, 5) is 29.7. The predicted octanol–water partition coefficient (Wildman–Crippen LogP) is 5.89. The summed E-state index contributed by atoms with van der Waals surface area (Å²) in [6, 6.07) is 1.79. The number of carboxylic acid groups (broad SMARTS) is 1. The van der Waals surface area contributed by atoms with Crippen LogP contribution < -0.4 is 5.32 Å². The number of hydrogen-bond donors (Lipinski definition) is 2. The molecule has 0 saturated heterocycles. The number of imidazole rings is 1. The molecule has 2 aliphatic rings. The van der Waals surface area contributed by atoms with E-state index in [-0.39, 0.29) is 35.0 Å². The molecular formula is C29H35FN6O2. The Hall–Kier alpha value is -3.54. The van der Waals surface area contributed by atoms with Crippen LogP contribution in [0, 0.1) is 35.9 Å². The quantitative estimate of drug-likeness (QED) is 0.358. The van der Waals surface area contributed by atoms with Crippen LogP contribution >= 0.6 is 0 Å². The third kappa shape index (κ3) is 4.96. The lowest BCUT2D eigenvalue weighted by Crippen LogP contribution is -2.31. The zero-order valence-electron chi connectivity index (χ0n) is 22.2. The van der Waals surface area contributed by atoms with Gasteiger partial charge in [0.1, 0.15) is 11.2 Å². The molecule has 2 saturated carbocycles. The van der Waals surface area contributed by atoms with Crippen LogP contribution in [0.5, 0.6) is 0 Å². The van der Waals surface area contributed by atoms with Gasteiger partial charge in [0.15, 0.2) is 23.1 Å². The van der Waals surface area contributed by atoms with Gasteiger partial charge in [-0.1, -0.05) is 20.3 Å². The maximum Gasteiger partial charge on any atom is 0.374 e. The van der Waals surface area contributed by atoms with Gasteiger partial charge in [0.25, 0.3) is 0 Å². The third-order valence-electron chi connectivity index (χ3n) is 8.29. The second kappa shape index (κ2) is 10.7. The number of aromatic nitrogens is 5. The van der Waals surface area contributed by atoms with E-state index in [1.807, 2.05) is 18.4 Å². The molecule has 3 aromatic rings. The molecule has 2 N–H and O–H groups in total. The molecule has 0 bridgehead atoms. The lowest BCUT2D eigenvalue weighted by atomic mass is 9.80. The molecule has 38 heavy (non-hydrogen) atoms. The zero-order valence-corrected chi connectivity index (χ0v) is 22.2. The van der Waals surface area contributed by atoms with E-state index in [4.69, 9.17) is 11.4 Å². The number of hydrogen-bond acceptors (Lipinski definition) is 6. The first-order valence-corrected chi connectivity index (χ1v) is 13.7. The molecule has 0 aromatic carbocycles. The molecule has 0 radical (unpaired) electrons. The lowest BCUT2D eigenvalue weighted by Gasteiger charge is -2.32. The highest BCUT2D eigenvalue weighted by Crippen LogP contribution is 2.37. The SMILES string of the molecule is C#C[C@H]1CC[C@H](Cn2c(-c3nccc(C(C)C)c3F)nc3nc(C(=O)O)nc(N[C@H](C)C4CCC4)c32)CC1. The first-order valence-electron chi connectivity index (χ1n) is 13.7. The van der Waals surface area contributed by atoms with E-state index in [1.54, 1.807) is 12.3 Å². The van der Waals surface area contributed by atoms with Crippen LogP contribution in [0.25, 0.3) is 22.7 Å². The van der Waals surface area contributed by atoms with Gasteiger partial charge in [-0.25, -0.2) is 29.1 Å². The van der Waals surface area contributed by atoms with E-state index in [2.05, 4.69) is 33.1 Å². The van der Waals surface area contributed by atoms with E-state index >= 15 is 4.39 Å². The van der Waals surface area contributed by atoms with Crippen LogP contribution in [0.15, 0.2) is 12.3 Å². The molecule has 8 nitrogen and oxygen atoms in total. The molecule has 3 aromatic heterocycles. The van der Waals surface area contributed by atoms with E-state index in [0.29, 0.717) is 41.1 Å².